The van der Waals surface area contributed by atoms with Crippen LogP contribution in [0.2, 0.25) is 0 Å². The number of carbonyl (C=O) groups excluding carboxylic acids is 1. The average Bonchev–Trinajstić information content (AvgIpc) is 2.79. The van der Waals surface area contributed by atoms with Gasteiger partial charge in [0, 0.05) is 26.1 Å². The molecule has 2 aromatic carbocycles. The lowest BCUT2D eigenvalue weighted by molar-refractivity contribution is -0.121. The fraction of sp³-hybridized carbons (Fsp3) is 0.435. The molecule has 1 heterocycles. The Bertz CT molecular complexity index is 822. The summed E-state index contributed by atoms with van der Waals surface area (Å²) in [6.07, 6.45) is 1.12. The molecule has 1 aliphatic heterocycles. The third kappa shape index (κ3) is 6.20. The van der Waals surface area contributed by atoms with E-state index in [0.29, 0.717) is 32.6 Å². The number of hydrogen-bond acceptors (Lipinski definition) is 5. The van der Waals surface area contributed by atoms with Gasteiger partial charge in [-0.25, -0.2) is 0 Å². The van der Waals surface area contributed by atoms with Gasteiger partial charge in [0.15, 0.2) is 0 Å². The first-order chi connectivity index (χ1) is 14.6. The summed E-state index contributed by atoms with van der Waals surface area (Å²) in [6.45, 7) is 3.70. The molecule has 30 heavy (non-hydrogen) atoms. The molecule has 0 spiro atoms. The Kier molecular flexibility index (Phi) is 8.54. The third-order valence-corrected chi connectivity index (χ3v) is 5.96. The number of halogens is 1. The predicted molar refractivity (Wildman–Crippen MR) is 120 cm³/mol. The van der Waals surface area contributed by atoms with Crippen LogP contribution in [-0.4, -0.2) is 57.9 Å². The molecule has 1 aliphatic rings. The molecule has 3 rings (SSSR count). The van der Waals surface area contributed by atoms with E-state index in [9.17, 15) is 4.79 Å². The van der Waals surface area contributed by atoms with E-state index in [2.05, 4.69) is 38.3 Å². The Morgan fingerprint density at radius 2 is 1.87 bits per heavy atom. The topological polar surface area (TPSA) is 60.0 Å². The van der Waals surface area contributed by atoms with Gasteiger partial charge >= 0.3 is 0 Å². The molecule has 7 heteroatoms. The second kappa shape index (κ2) is 11.3. The quantitative estimate of drug-likeness (QED) is 0.599. The number of morpholine rings is 1. The molecular weight excluding hydrogens is 448 g/mol. The highest BCUT2D eigenvalue weighted by atomic mass is 79.9. The van der Waals surface area contributed by atoms with Gasteiger partial charge in [0.1, 0.15) is 11.5 Å². The summed E-state index contributed by atoms with van der Waals surface area (Å²) in [5, 5.41) is 3.13. The summed E-state index contributed by atoms with van der Waals surface area (Å²) in [4.78, 5) is 14.9. The molecule has 1 saturated heterocycles. The van der Waals surface area contributed by atoms with Gasteiger partial charge in [0.2, 0.25) is 5.91 Å². The molecule has 0 radical (unpaired) electrons. The number of methoxy groups -OCH3 is 2. The van der Waals surface area contributed by atoms with Crippen molar-refractivity contribution in [1.29, 1.82) is 0 Å². The highest BCUT2D eigenvalue weighted by molar-refractivity contribution is 9.10. The average molecular weight is 477 g/mol. The zero-order valence-electron chi connectivity index (χ0n) is 17.5. The number of benzene rings is 2. The van der Waals surface area contributed by atoms with Gasteiger partial charge in [-0.1, -0.05) is 18.2 Å². The number of hydrogen-bond donors (Lipinski definition) is 1. The zero-order valence-corrected chi connectivity index (χ0v) is 19.1. The Morgan fingerprint density at radius 3 is 2.50 bits per heavy atom. The van der Waals surface area contributed by atoms with Crippen LogP contribution in [0, 0.1) is 0 Å². The van der Waals surface area contributed by atoms with Crippen LogP contribution in [0.25, 0.3) is 0 Å². The van der Waals surface area contributed by atoms with E-state index in [-0.39, 0.29) is 11.9 Å². The van der Waals surface area contributed by atoms with Crippen molar-refractivity contribution in [2.24, 2.45) is 0 Å². The van der Waals surface area contributed by atoms with Crippen LogP contribution in [0.1, 0.15) is 23.6 Å². The smallest absolute Gasteiger partial charge is 0.220 e. The van der Waals surface area contributed by atoms with Crippen molar-refractivity contribution in [1.82, 2.24) is 10.2 Å². The lowest BCUT2D eigenvalue weighted by atomic mass is 10.0. The normalized spacial score (nSPS) is 15.4. The maximum absolute atomic E-state index is 12.5. The van der Waals surface area contributed by atoms with Gasteiger partial charge in [-0.3, -0.25) is 9.69 Å². The Hall–Kier alpha value is -2.09. The minimum absolute atomic E-state index is 0.0497. The lowest BCUT2D eigenvalue weighted by Gasteiger charge is -2.35. The van der Waals surface area contributed by atoms with E-state index in [0.717, 1.165) is 40.2 Å². The fourth-order valence-corrected chi connectivity index (χ4v) is 4.18. The van der Waals surface area contributed by atoms with E-state index in [1.165, 1.54) is 0 Å². The molecular formula is C23H29BrN2O4. The summed E-state index contributed by atoms with van der Waals surface area (Å²) < 4.78 is 16.9. The number of aryl methyl sites for hydroxylation is 1. The standard InChI is InChI=1S/C23H29BrN2O4/c1-28-19-7-5-18(6-8-19)21(26-11-13-30-14-12-26)16-25-23(27)10-4-17-3-9-22(29-2)20(24)15-17/h3,5-9,15,21H,4,10-14,16H2,1-2H3,(H,25,27). The number of nitrogens with one attached hydrogen (secondary N) is 1. The lowest BCUT2D eigenvalue weighted by Crippen LogP contribution is -2.43. The van der Waals surface area contributed by atoms with Crippen molar-refractivity contribution in [2.75, 3.05) is 47.1 Å². The molecule has 1 atom stereocenters. The first-order valence-corrected chi connectivity index (χ1v) is 10.9. The summed E-state index contributed by atoms with van der Waals surface area (Å²) in [6, 6.07) is 14.1. The SMILES string of the molecule is COc1ccc(C(CNC(=O)CCc2ccc(OC)c(Br)c2)N2CCOCC2)cc1. The molecule has 1 fully saturated rings. The Balaban J connectivity index is 1.58. The number of amides is 1. The molecule has 0 bridgehead atoms. The van der Waals surface area contributed by atoms with Crippen LogP contribution in [0.15, 0.2) is 46.9 Å². The van der Waals surface area contributed by atoms with Gasteiger partial charge in [0.05, 0.1) is 37.9 Å². The number of nitrogens with zero attached hydrogens (tertiary/aromatic N) is 1. The van der Waals surface area contributed by atoms with Gasteiger partial charge < -0.3 is 19.5 Å². The molecule has 1 N–H and O–H groups in total. The van der Waals surface area contributed by atoms with Crippen molar-refractivity contribution < 1.29 is 19.0 Å². The molecule has 0 aromatic heterocycles. The van der Waals surface area contributed by atoms with Crippen LogP contribution in [0.3, 0.4) is 0 Å². The van der Waals surface area contributed by atoms with Crippen molar-refractivity contribution in [3.63, 3.8) is 0 Å². The predicted octanol–water partition coefficient (Wildman–Crippen LogP) is 3.59. The molecule has 162 valence electrons. The highest BCUT2D eigenvalue weighted by Crippen LogP contribution is 2.26. The van der Waals surface area contributed by atoms with E-state index < -0.39 is 0 Å². The van der Waals surface area contributed by atoms with Crippen molar-refractivity contribution >= 4 is 21.8 Å². The van der Waals surface area contributed by atoms with Crippen LogP contribution in [0.4, 0.5) is 0 Å². The van der Waals surface area contributed by atoms with Gasteiger partial charge in [-0.15, -0.1) is 0 Å². The zero-order chi connectivity index (χ0) is 21.3. The van der Waals surface area contributed by atoms with Crippen LogP contribution < -0.4 is 14.8 Å². The van der Waals surface area contributed by atoms with E-state index in [4.69, 9.17) is 14.2 Å². The molecule has 6 nitrogen and oxygen atoms in total. The first kappa shape index (κ1) is 22.6. The largest absolute Gasteiger partial charge is 0.497 e. The maximum atomic E-state index is 12.5. The van der Waals surface area contributed by atoms with Crippen LogP contribution >= 0.6 is 15.9 Å². The number of rotatable bonds is 9. The molecule has 2 aromatic rings. The van der Waals surface area contributed by atoms with Gasteiger partial charge in [-0.05, 0) is 57.7 Å². The Morgan fingerprint density at radius 1 is 1.13 bits per heavy atom. The second-order valence-electron chi connectivity index (χ2n) is 7.21. The molecule has 1 amide bonds. The van der Waals surface area contributed by atoms with E-state index >= 15 is 0 Å². The van der Waals surface area contributed by atoms with Gasteiger partial charge in [-0.2, -0.15) is 0 Å². The fourth-order valence-electron chi connectivity index (χ4n) is 3.60. The third-order valence-electron chi connectivity index (χ3n) is 5.34. The summed E-state index contributed by atoms with van der Waals surface area (Å²) in [5.74, 6) is 1.67. The monoisotopic (exact) mass is 476 g/mol. The second-order valence-corrected chi connectivity index (χ2v) is 8.06. The summed E-state index contributed by atoms with van der Waals surface area (Å²) in [7, 11) is 3.30. The molecule has 1 unspecified atom stereocenters. The number of carbonyl (C=O) groups is 1. The molecule has 0 aliphatic carbocycles. The minimum Gasteiger partial charge on any atom is -0.497 e. The van der Waals surface area contributed by atoms with Crippen LogP contribution in [0.5, 0.6) is 11.5 Å². The van der Waals surface area contributed by atoms with Crippen molar-refractivity contribution in [2.45, 2.75) is 18.9 Å². The first-order valence-electron chi connectivity index (χ1n) is 10.2. The van der Waals surface area contributed by atoms with Crippen molar-refractivity contribution in [3.8, 4) is 11.5 Å². The van der Waals surface area contributed by atoms with Crippen molar-refractivity contribution in [3.05, 3.63) is 58.1 Å². The van der Waals surface area contributed by atoms with Gasteiger partial charge in [0.25, 0.3) is 0 Å². The van der Waals surface area contributed by atoms with Crippen LogP contribution in [-0.2, 0) is 16.0 Å². The minimum atomic E-state index is 0.0497. The number of ether oxygens (including phenoxy) is 3. The highest BCUT2D eigenvalue weighted by Gasteiger charge is 2.23. The van der Waals surface area contributed by atoms with E-state index in [1.54, 1.807) is 14.2 Å². The summed E-state index contributed by atoms with van der Waals surface area (Å²) >= 11 is 3.49. The molecule has 0 saturated carbocycles. The van der Waals surface area contributed by atoms with E-state index in [1.807, 2.05) is 30.3 Å². The Labute approximate surface area is 186 Å². The maximum Gasteiger partial charge on any atom is 0.220 e. The summed E-state index contributed by atoms with van der Waals surface area (Å²) in [5.41, 5.74) is 2.26.